The van der Waals surface area contributed by atoms with Gasteiger partial charge in [-0.2, -0.15) is 0 Å². The Morgan fingerprint density at radius 1 is 1.40 bits per heavy atom. The molecule has 0 bridgehead atoms. The van der Waals surface area contributed by atoms with E-state index in [0.717, 1.165) is 36.2 Å². The molecule has 1 aromatic rings. The van der Waals surface area contributed by atoms with Crippen molar-refractivity contribution in [2.75, 3.05) is 33.0 Å². The first-order valence-electron chi connectivity index (χ1n) is 7.07. The van der Waals surface area contributed by atoms with Gasteiger partial charge in [0, 0.05) is 18.2 Å². The van der Waals surface area contributed by atoms with Gasteiger partial charge >= 0.3 is 0 Å². The van der Waals surface area contributed by atoms with Crippen LogP contribution in [0.5, 0.6) is 5.75 Å². The quantitative estimate of drug-likeness (QED) is 0.881. The van der Waals surface area contributed by atoms with Crippen LogP contribution in [0.15, 0.2) is 22.7 Å². The van der Waals surface area contributed by atoms with Gasteiger partial charge in [0.05, 0.1) is 36.3 Å². The molecule has 0 radical (unpaired) electrons. The van der Waals surface area contributed by atoms with Crippen molar-refractivity contribution < 1.29 is 14.6 Å². The van der Waals surface area contributed by atoms with Crippen LogP contribution >= 0.6 is 15.9 Å². The molecule has 0 spiro atoms. The number of fused-ring (bicyclic) bond motifs is 1. The van der Waals surface area contributed by atoms with Gasteiger partial charge in [0.15, 0.2) is 0 Å². The standard InChI is InChI=1S/C15H20BrNO3/c16-12-4-1-3-11-13(5-2-6-20-14(11)12)17-7-15(8-18)9-19-10-15/h1,3-4,13,17-18H,2,5-10H2. The van der Waals surface area contributed by atoms with E-state index in [1.165, 1.54) is 5.56 Å². The van der Waals surface area contributed by atoms with E-state index < -0.39 is 0 Å². The van der Waals surface area contributed by atoms with Crippen molar-refractivity contribution in [3.63, 3.8) is 0 Å². The molecule has 110 valence electrons. The SMILES string of the molecule is OCC1(CNC2CCCOc3c(Br)cccc32)COC1. The van der Waals surface area contributed by atoms with Crippen LogP contribution in [0, 0.1) is 5.41 Å². The molecular weight excluding hydrogens is 322 g/mol. The Labute approximate surface area is 127 Å². The summed E-state index contributed by atoms with van der Waals surface area (Å²) < 4.78 is 12.1. The topological polar surface area (TPSA) is 50.7 Å². The third kappa shape index (κ3) is 2.72. The molecule has 2 heterocycles. The molecule has 2 aliphatic heterocycles. The van der Waals surface area contributed by atoms with E-state index in [1.54, 1.807) is 0 Å². The number of hydrogen-bond donors (Lipinski definition) is 2. The number of para-hydroxylation sites is 1. The maximum atomic E-state index is 9.51. The number of ether oxygens (including phenoxy) is 2. The van der Waals surface area contributed by atoms with Crippen molar-refractivity contribution in [2.45, 2.75) is 18.9 Å². The van der Waals surface area contributed by atoms with Gasteiger partial charge in [-0.3, -0.25) is 0 Å². The molecule has 20 heavy (non-hydrogen) atoms. The predicted molar refractivity (Wildman–Crippen MR) is 80.0 cm³/mol. The molecule has 2 aliphatic rings. The van der Waals surface area contributed by atoms with Gasteiger partial charge in [0.2, 0.25) is 0 Å². The Kier molecular flexibility index (Phi) is 4.31. The molecule has 1 fully saturated rings. The lowest BCUT2D eigenvalue weighted by atomic mass is 9.86. The number of benzene rings is 1. The highest BCUT2D eigenvalue weighted by atomic mass is 79.9. The summed E-state index contributed by atoms with van der Waals surface area (Å²) in [7, 11) is 0. The number of rotatable bonds is 4. The van der Waals surface area contributed by atoms with Crippen LogP contribution in [0.2, 0.25) is 0 Å². The summed E-state index contributed by atoms with van der Waals surface area (Å²) in [5, 5.41) is 13.1. The van der Waals surface area contributed by atoms with E-state index in [0.29, 0.717) is 13.2 Å². The minimum Gasteiger partial charge on any atom is -0.492 e. The molecule has 1 saturated heterocycles. The lowest BCUT2D eigenvalue weighted by Gasteiger charge is -2.41. The first-order chi connectivity index (χ1) is 9.74. The third-order valence-corrected chi connectivity index (χ3v) is 4.76. The van der Waals surface area contributed by atoms with E-state index >= 15 is 0 Å². The Morgan fingerprint density at radius 2 is 2.25 bits per heavy atom. The van der Waals surface area contributed by atoms with Gasteiger partial charge in [0.1, 0.15) is 5.75 Å². The number of halogens is 1. The van der Waals surface area contributed by atoms with Crippen molar-refractivity contribution in [3.05, 3.63) is 28.2 Å². The van der Waals surface area contributed by atoms with Crippen LogP contribution in [-0.2, 0) is 4.74 Å². The fourth-order valence-corrected chi connectivity index (χ4v) is 3.26. The first-order valence-corrected chi connectivity index (χ1v) is 7.87. The average molecular weight is 342 g/mol. The molecule has 3 rings (SSSR count). The molecule has 2 N–H and O–H groups in total. The van der Waals surface area contributed by atoms with Gasteiger partial charge in [-0.1, -0.05) is 12.1 Å². The minimum atomic E-state index is -0.0979. The predicted octanol–water partition coefficient (Wildman–Crippen LogP) is 2.26. The first kappa shape index (κ1) is 14.3. The maximum Gasteiger partial charge on any atom is 0.138 e. The highest BCUT2D eigenvalue weighted by molar-refractivity contribution is 9.10. The maximum absolute atomic E-state index is 9.51. The normalized spacial score (nSPS) is 24.2. The summed E-state index contributed by atoms with van der Waals surface area (Å²) in [6, 6.07) is 6.44. The Bertz CT molecular complexity index is 471. The van der Waals surface area contributed by atoms with E-state index in [1.807, 2.05) is 12.1 Å². The van der Waals surface area contributed by atoms with E-state index in [9.17, 15) is 5.11 Å². The molecule has 0 aliphatic carbocycles. The Hall–Kier alpha value is -0.620. The number of hydrogen-bond acceptors (Lipinski definition) is 4. The van der Waals surface area contributed by atoms with Gasteiger partial charge in [-0.25, -0.2) is 0 Å². The van der Waals surface area contributed by atoms with Crippen LogP contribution in [0.4, 0.5) is 0 Å². The molecular formula is C15H20BrNO3. The summed E-state index contributed by atoms with van der Waals surface area (Å²) in [5.74, 6) is 0.949. The number of nitrogens with one attached hydrogen (secondary N) is 1. The molecule has 0 aromatic heterocycles. The summed E-state index contributed by atoms with van der Waals surface area (Å²) in [5.41, 5.74) is 1.10. The third-order valence-electron chi connectivity index (χ3n) is 4.13. The molecule has 4 nitrogen and oxygen atoms in total. The zero-order valence-electron chi connectivity index (χ0n) is 11.4. The van der Waals surface area contributed by atoms with Crippen molar-refractivity contribution >= 4 is 15.9 Å². The van der Waals surface area contributed by atoms with Crippen LogP contribution in [0.1, 0.15) is 24.4 Å². The van der Waals surface area contributed by atoms with E-state index in [2.05, 4.69) is 27.3 Å². The summed E-state index contributed by atoms with van der Waals surface area (Å²) in [6.45, 7) is 2.99. The number of aliphatic hydroxyl groups is 1. The van der Waals surface area contributed by atoms with Crippen molar-refractivity contribution in [2.24, 2.45) is 5.41 Å². The highest BCUT2D eigenvalue weighted by Gasteiger charge is 2.38. The molecule has 0 amide bonds. The van der Waals surface area contributed by atoms with Crippen molar-refractivity contribution in [1.82, 2.24) is 5.32 Å². The molecule has 1 unspecified atom stereocenters. The lowest BCUT2D eigenvalue weighted by Crippen LogP contribution is -2.52. The van der Waals surface area contributed by atoms with Gasteiger partial charge in [-0.15, -0.1) is 0 Å². The van der Waals surface area contributed by atoms with Crippen molar-refractivity contribution in [3.8, 4) is 5.75 Å². The second-order valence-electron chi connectivity index (χ2n) is 5.73. The highest BCUT2D eigenvalue weighted by Crippen LogP contribution is 2.37. The van der Waals surface area contributed by atoms with Crippen LogP contribution in [0.3, 0.4) is 0 Å². The van der Waals surface area contributed by atoms with Crippen LogP contribution in [-0.4, -0.2) is 38.1 Å². The van der Waals surface area contributed by atoms with E-state index in [-0.39, 0.29) is 18.1 Å². The summed E-state index contributed by atoms with van der Waals surface area (Å²) in [6.07, 6.45) is 2.08. The summed E-state index contributed by atoms with van der Waals surface area (Å²) >= 11 is 3.56. The molecule has 1 aromatic carbocycles. The molecule has 5 heteroatoms. The fraction of sp³-hybridized carbons (Fsp3) is 0.600. The summed E-state index contributed by atoms with van der Waals surface area (Å²) in [4.78, 5) is 0. The monoisotopic (exact) mass is 341 g/mol. The fourth-order valence-electron chi connectivity index (χ4n) is 2.76. The smallest absolute Gasteiger partial charge is 0.138 e. The second kappa shape index (κ2) is 6.02. The van der Waals surface area contributed by atoms with Gasteiger partial charge < -0.3 is 19.9 Å². The zero-order valence-corrected chi connectivity index (χ0v) is 13.0. The molecule has 0 saturated carbocycles. The lowest BCUT2D eigenvalue weighted by molar-refractivity contribution is -0.135. The van der Waals surface area contributed by atoms with Gasteiger partial charge in [0.25, 0.3) is 0 Å². The van der Waals surface area contributed by atoms with Crippen LogP contribution in [0.25, 0.3) is 0 Å². The minimum absolute atomic E-state index is 0.0979. The van der Waals surface area contributed by atoms with E-state index in [4.69, 9.17) is 9.47 Å². The van der Waals surface area contributed by atoms with Gasteiger partial charge in [-0.05, 0) is 34.8 Å². The average Bonchev–Trinajstić information content (AvgIpc) is 2.62. The zero-order chi connectivity index (χ0) is 14.0. The largest absolute Gasteiger partial charge is 0.492 e. The molecule has 1 atom stereocenters. The second-order valence-corrected chi connectivity index (χ2v) is 6.59. The Balaban J connectivity index is 1.75. The Morgan fingerprint density at radius 3 is 2.95 bits per heavy atom. The van der Waals surface area contributed by atoms with Crippen LogP contribution < -0.4 is 10.1 Å². The number of aliphatic hydroxyl groups excluding tert-OH is 1. The van der Waals surface area contributed by atoms with Crippen molar-refractivity contribution in [1.29, 1.82) is 0 Å².